The van der Waals surface area contributed by atoms with E-state index in [-0.39, 0.29) is 0 Å². The van der Waals surface area contributed by atoms with Gasteiger partial charge in [0, 0.05) is 26.2 Å². The van der Waals surface area contributed by atoms with Crippen LogP contribution in [0.4, 0.5) is 0 Å². The van der Waals surface area contributed by atoms with Gasteiger partial charge in [0.05, 0.1) is 12.8 Å². The van der Waals surface area contributed by atoms with E-state index in [2.05, 4.69) is 20.4 Å². The highest BCUT2D eigenvalue weighted by Gasteiger charge is 2.10. The number of rotatable bonds is 4. The molecule has 0 unspecified atom stereocenters. The Morgan fingerprint density at radius 2 is 1.48 bits per heavy atom. The molecule has 21 heavy (non-hydrogen) atoms. The van der Waals surface area contributed by atoms with Gasteiger partial charge in [0.2, 0.25) is 0 Å². The van der Waals surface area contributed by atoms with Crippen LogP contribution in [0.2, 0.25) is 0 Å². The lowest BCUT2D eigenvalue weighted by molar-refractivity contribution is -0.108. The molecule has 124 valence electrons. The van der Waals surface area contributed by atoms with Crippen LogP contribution in [0.1, 0.15) is 12.8 Å². The Morgan fingerprint density at radius 3 is 2.05 bits per heavy atom. The van der Waals surface area contributed by atoms with E-state index in [1.165, 1.54) is 0 Å². The fourth-order valence-electron chi connectivity index (χ4n) is 2.41. The van der Waals surface area contributed by atoms with Crippen molar-refractivity contribution < 1.29 is 14.6 Å². The van der Waals surface area contributed by atoms with Crippen LogP contribution in [0.5, 0.6) is 0 Å². The van der Waals surface area contributed by atoms with E-state index in [0.717, 1.165) is 71.5 Å². The van der Waals surface area contributed by atoms with Gasteiger partial charge in [-0.2, -0.15) is 0 Å². The summed E-state index contributed by atoms with van der Waals surface area (Å²) in [5.74, 6) is 0. The van der Waals surface area contributed by atoms with Crippen molar-refractivity contribution in [3.05, 3.63) is 0 Å². The van der Waals surface area contributed by atoms with Crippen LogP contribution in [-0.2, 0) is 4.79 Å². The van der Waals surface area contributed by atoms with E-state index < -0.39 is 8.38 Å². The summed E-state index contributed by atoms with van der Waals surface area (Å²) in [5.41, 5.74) is 0. The van der Waals surface area contributed by atoms with Crippen molar-refractivity contribution in [2.75, 3.05) is 65.2 Å². The second-order valence-corrected chi connectivity index (χ2v) is 6.33. The number of carbonyl (C=O) groups excluding carboxylic acids is 1. The standard InChI is InChI=1S/C13H29N4O3P/c18-12-11-16-7-1-3-15-6-10-17(13-21(19)20)8-2-4-14-5-9-16/h12,14-15,19-20H,1-11,13H2. The number of carbonyl (C=O) groups is 1. The minimum absolute atomic E-state index is 0.365. The molecule has 1 heterocycles. The first kappa shape index (κ1) is 18.9. The van der Waals surface area contributed by atoms with Crippen molar-refractivity contribution >= 4 is 14.7 Å². The SMILES string of the molecule is O=CCN1CCCNCCN(CP(O)O)CCCNCC1. The molecule has 1 aliphatic heterocycles. The Morgan fingerprint density at radius 1 is 0.905 bits per heavy atom. The van der Waals surface area contributed by atoms with Gasteiger partial charge in [0.15, 0.2) is 8.38 Å². The van der Waals surface area contributed by atoms with Gasteiger partial charge in [0.25, 0.3) is 0 Å². The van der Waals surface area contributed by atoms with E-state index in [4.69, 9.17) is 9.79 Å². The van der Waals surface area contributed by atoms with Crippen LogP contribution in [-0.4, -0.2) is 91.1 Å². The molecule has 7 nitrogen and oxygen atoms in total. The van der Waals surface area contributed by atoms with Crippen LogP contribution in [0, 0.1) is 0 Å². The van der Waals surface area contributed by atoms with Gasteiger partial charge in [0.1, 0.15) is 6.29 Å². The van der Waals surface area contributed by atoms with E-state index in [9.17, 15) is 4.79 Å². The molecule has 1 saturated heterocycles. The third kappa shape index (κ3) is 10.3. The average molecular weight is 320 g/mol. The zero-order chi connectivity index (χ0) is 15.3. The predicted octanol–water partition coefficient (Wildman–Crippen LogP) is -0.984. The summed E-state index contributed by atoms with van der Waals surface area (Å²) in [6.45, 7) is 7.59. The molecule has 1 aliphatic rings. The monoisotopic (exact) mass is 320 g/mol. The minimum Gasteiger partial charge on any atom is -0.349 e. The summed E-state index contributed by atoms with van der Waals surface area (Å²) in [6.07, 6.45) is 3.33. The smallest absolute Gasteiger partial charge is 0.180 e. The predicted molar refractivity (Wildman–Crippen MR) is 85.3 cm³/mol. The third-order valence-corrected chi connectivity index (χ3v) is 4.18. The molecule has 0 aromatic heterocycles. The number of hydrogen-bond acceptors (Lipinski definition) is 7. The molecule has 1 fully saturated rings. The van der Waals surface area contributed by atoms with Crippen LogP contribution < -0.4 is 10.6 Å². The molecular weight excluding hydrogens is 291 g/mol. The quantitative estimate of drug-likeness (QED) is 0.391. The molecule has 0 aliphatic carbocycles. The highest BCUT2D eigenvalue weighted by atomic mass is 31.2. The Hall–Kier alpha value is -0.140. The Kier molecular flexibility index (Phi) is 11.2. The molecule has 0 aromatic rings. The second-order valence-electron chi connectivity index (χ2n) is 5.31. The number of hydrogen-bond donors (Lipinski definition) is 4. The van der Waals surface area contributed by atoms with Crippen LogP contribution in [0.25, 0.3) is 0 Å². The lowest BCUT2D eigenvalue weighted by Crippen LogP contribution is -2.38. The van der Waals surface area contributed by atoms with E-state index in [1.54, 1.807) is 0 Å². The van der Waals surface area contributed by atoms with Gasteiger partial charge in [-0.25, -0.2) is 0 Å². The fourth-order valence-corrected chi connectivity index (χ4v) is 3.05. The molecule has 0 bridgehead atoms. The summed E-state index contributed by atoms with van der Waals surface area (Å²) in [4.78, 5) is 33.3. The highest BCUT2D eigenvalue weighted by Crippen LogP contribution is 2.23. The topological polar surface area (TPSA) is 88.1 Å². The average Bonchev–Trinajstić information content (AvgIpc) is 2.44. The zero-order valence-electron chi connectivity index (χ0n) is 12.7. The first-order chi connectivity index (χ1) is 10.2. The molecule has 0 aromatic carbocycles. The maximum absolute atomic E-state index is 10.7. The molecule has 0 saturated carbocycles. The Balaban J connectivity index is 2.34. The van der Waals surface area contributed by atoms with Gasteiger partial charge < -0.3 is 25.2 Å². The van der Waals surface area contributed by atoms with Crippen molar-refractivity contribution in [2.24, 2.45) is 0 Å². The van der Waals surface area contributed by atoms with Gasteiger partial charge in [-0.3, -0.25) is 9.80 Å². The number of nitrogens with one attached hydrogen (secondary N) is 2. The van der Waals surface area contributed by atoms with Gasteiger partial charge in [-0.15, -0.1) is 0 Å². The fraction of sp³-hybridized carbons (Fsp3) is 0.923. The molecular formula is C13H29N4O3P. The molecule has 1 rings (SSSR count). The van der Waals surface area contributed by atoms with Crippen molar-refractivity contribution in [2.45, 2.75) is 12.8 Å². The molecule has 0 amide bonds. The summed E-state index contributed by atoms with van der Waals surface area (Å²) < 4.78 is 0. The van der Waals surface area contributed by atoms with Gasteiger partial charge in [-0.1, -0.05) is 0 Å². The van der Waals surface area contributed by atoms with E-state index in [1.807, 2.05) is 0 Å². The van der Waals surface area contributed by atoms with Crippen molar-refractivity contribution in [1.82, 2.24) is 20.4 Å². The highest BCUT2D eigenvalue weighted by molar-refractivity contribution is 7.44. The number of nitrogens with zero attached hydrogens (tertiary/aromatic N) is 2. The molecule has 0 radical (unpaired) electrons. The summed E-state index contributed by atoms with van der Waals surface area (Å²) in [5, 5.41) is 6.76. The van der Waals surface area contributed by atoms with E-state index >= 15 is 0 Å². The van der Waals surface area contributed by atoms with E-state index in [0.29, 0.717) is 12.8 Å². The molecule has 0 spiro atoms. The maximum atomic E-state index is 10.7. The van der Waals surface area contributed by atoms with Gasteiger partial charge >= 0.3 is 0 Å². The van der Waals surface area contributed by atoms with Gasteiger partial charge in [-0.05, 0) is 39.0 Å². The lowest BCUT2D eigenvalue weighted by atomic mass is 10.3. The Labute approximate surface area is 128 Å². The first-order valence-corrected chi connectivity index (χ1v) is 9.10. The first-order valence-electron chi connectivity index (χ1n) is 7.67. The third-order valence-electron chi connectivity index (χ3n) is 3.52. The summed E-state index contributed by atoms with van der Waals surface area (Å²) >= 11 is 0. The van der Waals surface area contributed by atoms with Crippen molar-refractivity contribution in [3.8, 4) is 0 Å². The second kappa shape index (κ2) is 12.4. The molecule has 0 atom stereocenters. The minimum atomic E-state index is -1.85. The summed E-state index contributed by atoms with van der Waals surface area (Å²) in [6, 6.07) is 0. The molecule has 4 N–H and O–H groups in total. The van der Waals surface area contributed by atoms with Crippen LogP contribution >= 0.6 is 8.38 Å². The Bertz CT molecular complexity index is 256. The largest absolute Gasteiger partial charge is 0.349 e. The maximum Gasteiger partial charge on any atom is 0.180 e. The number of aldehydes is 1. The van der Waals surface area contributed by atoms with Crippen molar-refractivity contribution in [1.29, 1.82) is 0 Å². The molecule has 8 heteroatoms. The van der Waals surface area contributed by atoms with Crippen molar-refractivity contribution in [3.63, 3.8) is 0 Å². The normalized spacial score (nSPS) is 22.0. The lowest BCUT2D eigenvalue weighted by Gasteiger charge is -2.24. The summed E-state index contributed by atoms with van der Waals surface area (Å²) in [7, 11) is -1.85. The van der Waals surface area contributed by atoms with Crippen LogP contribution in [0.3, 0.4) is 0 Å². The zero-order valence-corrected chi connectivity index (χ0v) is 13.6. The van der Waals surface area contributed by atoms with Crippen LogP contribution in [0.15, 0.2) is 0 Å².